The quantitative estimate of drug-likeness (QED) is 0.673. The molecule has 0 saturated heterocycles. The maximum absolute atomic E-state index is 12.3. The van der Waals surface area contributed by atoms with Gasteiger partial charge in [-0.05, 0) is 79.6 Å². The third-order valence-electron chi connectivity index (χ3n) is 8.45. The van der Waals surface area contributed by atoms with E-state index >= 15 is 0 Å². The van der Waals surface area contributed by atoms with Crippen LogP contribution in [0.15, 0.2) is 11.6 Å². The highest BCUT2D eigenvalue weighted by atomic mass is 16.5. The van der Waals surface area contributed by atoms with Crippen molar-refractivity contribution in [1.82, 2.24) is 0 Å². The van der Waals surface area contributed by atoms with Crippen molar-refractivity contribution in [1.29, 1.82) is 0 Å². The van der Waals surface area contributed by atoms with Gasteiger partial charge in [-0.15, -0.1) is 0 Å². The molecule has 0 radical (unpaired) electrons. The van der Waals surface area contributed by atoms with Crippen LogP contribution < -0.4 is 0 Å². The third-order valence-corrected chi connectivity index (χ3v) is 8.45. The maximum atomic E-state index is 12.3. The molecule has 4 rings (SSSR count). The molecule has 0 aromatic rings. The minimum atomic E-state index is 0.00400. The molecule has 4 aliphatic carbocycles. The Kier molecular flexibility index (Phi) is 3.71. The predicted molar refractivity (Wildman–Crippen MR) is 92.2 cm³/mol. The van der Waals surface area contributed by atoms with E-state index < -0.39 is 0 Å². The molecule has 132 valence electrons. The van der Waals surface area contributed by atoms with Crippen LogP contribution in [0.5, 0.6) is 0 Å². The van der Waals surface area contributed by atoms with Crippen LogP contribution in [0.25, 0.3) is 0 Å². The number of methoxy groups -OCH3 is 1. The summed E-state index contributed by atoms with van der Waals surface area (Å²) in [5.74, 6) is 2.48. The summed E-state index contributed by atoms with van der Waals surface area (Å²) >= 11 is 0. The van der Waals surface area contributed by atoms with Crippen molar-refractivity contribution < 1.29 is 14.3 Å². The highest BCUT2D eigenvalue weighted by molar-refractivity contribution is 5.91. The van der Waals surface area contributed by atoms with Crippen LogP contribution in [0.1, 0.15) is 65.2 Å². The van der Waals surface area contributed by atoms with Crippen molar-refractivity contribution in [2.75, 3.05) is 7.11 Å². The molecule has 0 amide bonds. The monoisotopic (exact) mass is 330 g/mol. The van der Waals surface area contributed by atoms with E-state index in [1.807, 2.05) is 6.08 Å². The van der Waals surface area contributed by atoms with E-state index in [1.54, 1.807) is 0 Å². The number of rotatable bonds is 1. The molecule has 0 spiro atoms. The fourth-order valence-electron chi connectivity index (χ4n) is 7.09. The first-order chi connectivity index (χ1) is 11.4. The number of allylic oxidation sites excluding steroid dienone is 1. The van der Waals surface area contributed by atoms with Gasteiger partial charge >= 0.3 is 5.97 Å². The fourth-order valence-corrected chi connectivity index (χ4v) is 7.09. The van der Waals surface area contributed by atoms with Crippen LogP contribution in [-0.2, 0) is 14.3 Å². The van der Waals surface area contributed by atoms with Gasteiger partial charge in [-0.3, -0.25) is 9.59 Å². The molecule has 24 heavy (non-hydrogen) atoms. The summed E-state index contributed by atoms with van der Waals surface area (Å²) in [6.45, 7) is 4.76. The van der Waals surface area contributed by atoms with Crippen LogP contribution in [0.2, 0.25) is 0 Å². The number of carbonyl (C=O) groups excluding carboxylic acids is 2. The lowest BCUT2D eigenvalue weighted by atomic mass is 9.47. The summed E-state index contributed by atoms with van der Waals surface area (Å²) in [5.41, 5.74) is 1.77. The lowest BCUT2D eigenvalue weighted by Gasteiger charge is -2.57. The smallest absolute Gasteiger partial charge is 0.309 e. The molecule has 0 bridgehead atoms. The topological polar surface area (TPSA) is 43.4 Å². The summed E-state index contributed by atoms with van der Waals surface area (Å²) in [7, 11) is 1.53. The fraction of sp³-hybridized carbons (Fsp3) is 0.810. The number of hydrogen-bond donors (Lipinski definition) is 0. The molecule has 3 nitrogen and oxygen atoms in total. The van der Waals surface area contributed by atoms with Gasteiger partial charge in [0.15, 0.2) is 5.78 Å². The maximum Gasteiger partial charge on any atom is 0.309 e. The lowest BCUT2D eigenvalue weighted by molar-refractivity contribution is -0.152. The van der Waals surface area contributed by atoms with E-state index in [1.165, 1.54) is 31.9 Å². The van der Waals surface area contributed by atoms with Gasteiger partial charge in [-0.2, -0.15) is 0 Å². The van der Waals surface area contributed by atoms with Gasteiger partial charge < -0.3 is 4.74 Å². The van der Waals surface area contributed by atoms with Crippen molar-refractivity contribution in [2.24, 2.45) is 34.5 Å². The molecule has 3 saturated carbocycles. The molecule has 3 fully saturated rings. The van der Waals surface area contributed by atoms with Crippen molar-refractivity contribution in [3.8, 4) is 0 Å². The number of ketones is 1. The van der Waals surface area contributed by atoms with Crippen LogP contribution in [0.4, 0.5) is 0 Å². The average Bonchev–Trinajstić information content (AvgIpc) is 2.92. The molecule has 0 N–H and O–H groups in total. The number of fused-ring (bicyclic) bond motifs is 5. The molecular formula is C21H30O3. The Balaban J connectivity index is 1.65. The van der Waals surface area contributed by atoms with E-state index in [0.29, 0.717) is 23.5 Å². The Bertz CT molecular complexity index is 606. The van der Waals surface area contributed by atoms with Gasteiger partial charge in [0.2, 0.25) is 0 Å². The molecule has 0 aromatic carbocycles. The molecule has 3 heteroatoms. The zero-order chi connectivity index (χ0) is 17.1. The summed E-state index contributed by atoms with van der Waals surface area (Å²) in [6.07, 6.45) is 10.5. The number of carbonyl (C=O) groups is 2. The van der Waals surface area contributed by atoms with Crippen molar-refractivity contribution in [2.45, 2.75) is 65.2 Å². The summed E-state index contributed by atoms with van der Waals surface area (Å²) in [5, 5.41) is 0. The Labute approximate surface area is 145 Å². The molecule has 4 aliphatic rings. The third kappa shape index (κ3) is 2.09. The van der Waals surface area contributed by atoms with E-state index in [-0.39, 0.29) is 22.7 Å². The first kappa shape index (κ1) is 16.4. The van der Waals surface area contributed by atoms with E-state index in [2.05, 4.69) is 13.8 Å². The standard InChI is InChI=1S/C21H30O3/c1-20-10-8-14(22)12-13(20)4-5-15-16-6-7-18(19(23)24-3)21(16,2)11-9-17(15)20/h12,15-18H,4-11H2,1-3H3/t15-,16+,17-,18-,20-,21-/m1/s1. The van der Waals surface area contributed by atoms with Crippen LogP contribution >= 0.6 is 0 Å². The van der Waals surface area contributed by atoms with Crippen LogP contribution in [0, 0.1) is 34.5 Å². The average molecular weight is 330 g/mol. The first-order valence-corrected chi connectivity index (χ1v) is 9.72. The van der Waals surface area contributed by atoms with Gasteiger partial charge in [-0.1, -0.05) is 19.4 Å². The zero-order valence-corrected chi connectivity index (χ0v) is 15.3. The number of hydrogen-bond acceptors (Lipinski definition) is 3. The highest BCUT2D eigenvalue weighted by Crippen LogP contribution is 2.66. The normalized spacial score (nSPS) is 47.3. The number of esters is 1. The first-order valence-electron chi connectivity index (χ1n) is 9.72. The Morgan fingerprint density at radius 1 is 1.08 bits per heavy atom. The van der Waals surface area contributed by atoms with Gasteiger partial charge in [0.1, 0.15) is 0 Å². The number of ether oxygens (including phenoxy) is 1. The molecule has 0 heterocycles. The second-order valence-electron chi connectivity index (χ2n) is 9.17. The Morgan fingerprint density at radius 3 is 2.62 bits per heavy atom. The second kappa shape index (κ2) is 5.44. The van der Waals surface area contributed by atoms with Crippen molar-refractivity contribution in [3.63, 3.8) is 0 Å². The summed E-state index contributed by atoms with van der Waals surface area (Å²) in [6, 6.07) is 0. The Morgan fingerprint density at radius 2 is 1.88 bits per heavy atom. The van der Waals surface area contributed by atoms with Gasteiger partial charge in [0.25, 0.3) is 0 Å². The molecule has 0 aliphatic heterocycles. The van der Waals surface area contributed by atoms with Gasteiger partial charge in [0.05, 0.1) is 13.0 Å². The minimum absolute atomic E-state index is 0.00400. The minimum Gasteiger partial charge on any atom is -0.469 e. The highest BCUT2D eigenvalue weighted by Gasteiger charge is 2.60. The van der Waals surface area contributed by atoms with Gasteiger partial charge in [-0.25, -0.2) is 0 Å². The van der Waals surface area contributed by atoms with Crippen molar-refractivity contribution >= 4 is 11.8 Å². The molecular weight excluding hydrogens is 300 g/mol. The van der Waals surface area contributed by atoms with Crippen LogP contribution in [0.3, 0.4) is 0 Å². The van der Waals surface area contributed by atoms with Gasteiger partial charge in [0, 0.05) is 6.42 Å². The van der Waals surface area contributed by atoms with E-state index in [4.69, 9.17) is 4.74 Å². The van der Waals surface area contributed by atoms with Crippen LogP contribution in [-0.4, -0.2) is 18.9 Å². The second-order valence-corrected chi connectivity index (χ2v) is 9.17. The van der Waals surface area contributed by atoms with Crippen molar-refractivity contribution in [3.05, 3.63) is 11.6 Å². The molecule has 0 unspecified atom stereocenters. The lowest BCUT2D eigenvalue weighted by Crippen LogP contribution is -2.51. The Hall–Kier alpha value is -1.12. The molecule has 6 atom stereocenters. The summed E-state index contributed by atoms with van der Waals surface area (Å²) < 4.78 is 5.12. The predicted octanol–water partition coefficient (Wildman–Crippen LogP) is 4.31. The largest absolute Gasteiger partial charge is 0.469 e. The van der Waals surface area contributed by atoms with E-state index in [9.17, 15) is 9.59 Å². The zero-order valence-electron chi connectivity index (χ0n) is 15.3. The van der Waals surface area contributed by atoms with E-state index in [0.717, 1.165) is 32.1 Å². The SMILES string of the molecule is COC(=O)[C@H]1CC[C@H]2[C@H]3CCC4=CC(=O)CC[C@@]4(C)[C@@H]3CC[C@@]12C. The molecule has 0 aromatic heterocycles. The summed E-state index contributed by atoms with van der Waals surface area (Å²) in [4.78, 5) is 24.2.